The number of hydrogen-bond donors (Lipinski definition) is 2. The molecule has 88 valence electrons. The van der Waals surface area contributed by atoms with E-state index in [1.807, 2.05) is 6.92 Å². The molecule has 0 amide bonds. The maximum atomic E-state index is 4.95. The summed E-state index contributed by atoms with van der Waals surface area (Å²) in [6.07, 6.45) is 3.40. The fourth-order valence-corrected chi connectivity index (χ4v) is 1.23. The van der Waals surface area contributed by atoms with Gasteiger partial charge < -0.3 is 15.2 Å². The first-order valence-corrected chi connectivity index (χ1v) is 5.16. The lowest BCUT2D eigenvalue weighted by Gasteiger charge is -2.04. The zero-order valence-electron chi connectivity index (χ0n) is 9.47. The molecule has 2 aromatic heterocycles. The standard InChI is InChI=1S/C11H13N5O/c1-3-5-12-11-13-6-4-9(15-11)14-10-7-8(2)17-16-10/h3-4,6-7H,1,5H2,2H3,(H2,12,13,14,15,16). The van der Waals surface area contributed by atoms with Crippen LogP contribution in [-0.4, -0.2) is 21.7 Å². The molecular weight excluding hydrogens is 218 g/mol. The monoisotopic (exact) mass is 231 g/mol. The number of hydrogen-bond acceptors (Lipinski definition) is 6. The van der Waals surface area contributed by atoms with Crippen molar-refractivity contribution in [3.63, 3.8) is 0 Å². The zero-order valence-corrected chi connectivity index (χ0v) is 9.47. The van der Waals surface area contributed by atoms with E-state index in [0.717, 1.165) is 5.76 Å². The van der Waals surface area contributed by atoms with Gasteiger partial charge in [0.1, 0.15) is 11.6 Å². The topological polar surface area (TPSA) is 75.9 Å². The van der Waals surface area contributed by atoms with E-state index in [1.165, 1.54) is 0 Å². The molecule has 0 atom stereocenters. The molecule has 6 heteroatoms. The van der Waals surface area contributed by atoms with Crippen LogP contribution in [0, 0.1) is 6.92 Å². The second-order valence-electron chi connectivity index (χ2n) is 3.38. The van der Waals surface area contributed by atoms with Crippen molar-refractivity contribution in [2.24, 2.45) is 0 Å². The van der Waals surface area contributed by atoms with E-state index in [9.17, 15) is 0 Å². The third-order valence-electron chi connectivity index (χ3n) is 1.94. The largest absolute Gasteiger partial charge is 0.360 e. The van der Waals surface area contributed by atoms with Gasteiger partial charge in [0.05, 0.1) is 0 Å². The van der Waals surface area contributed by atoms with Crippen LogP contribution in [0.1, 0.15) is 5.76 Å². The Morgan fingerprint density at radius 2 is 2.35 bits per heavy atom. The minimum atomic E-state index is 0.537. The highest BCUT2D eigenvalue weighted by Gasteiger charge is 2.02. The van der Waals surface area contributed by atoms with Crippen molar-refractivity contribution in [3.8, 4) is 0 Å². The highest BCUT2D eigenvalue weighted by atomic mass is 16.5. The maximum Gasteiger partial charge on any atom is 0.224 e. The molecule has 0 saturated heterocycles. The van der Waals surface area contributed by atoms with Gasteiger partial charge in [-0.05, 0) is 13.0 Å². The van der Waals surface area contributed by atoms with E-state index < -0.39 is 0 Å². The van der Waals surface area contributed by atoms with Crippen LogP contribution in [0.3, 0.4) is 0 Å². The summed E-state index contributed by atoms with van der Waals surface area (Å²) in [5, 5.41) is 9.84. The molecular formula is C11H13N5O. The molecule has 0 unspecified atom stereocenters. The normalized spacial score (nSPS) is 9.94. The molecule has 6 nitrogen and oxygen atoms in total. The number of aromatic nitrogens is 3. The summed E-state index contributed by atoms with van der Waals surface area (Å²) in [7, 11) is 0. The Morgan fingerprint density at radius 3 is 3.06 bits per heavy atom. The van der Waals surface area contributed by atoms with Gasteiger partial charge in [-0.3, -0.25) is 0 Å². The molecule has 0 spiro atoms. The first-order valence-electron chi connectivity index (χ1n) is 5.16. The van der Waals surface area contributed by atoms with Crippen molar-refractivity contribution >= 4 is 17.6 Å². The van der Waals surface area contributed by atoms with Gasteiger partial charge in [0.25, 0.3) is 0 Å². The summed E-state index contributed by atoms with van der Waals surface area (Å²) in [6, 6.07) is 3.54. The minimum Gasteiger partial charge on any atom is -0.360 e. The lowest BCUT2D eigenvalue weighted by molar-refractivity contribution is 0.400. The quantitative estimate of drug-likeness (QED) is 0.767. The second kappa shape index (κ2) is 5.11. The second-order valence-corrected chi connectivity index (χ2v) is 3.38. The van der Waals surface area contributed by atoms with Crippen LogP contribution in [0.2, 0.25) is 0 Å². The van der Waals surface area contributed by atoms with Crippen molar-refractivity contribution in [1.29, 1.82) is 0 Å². The van der Waals surface area contributed by atoms with Gasteiger partial charge in [-0.1, -0.05) is 11.2 Å². The minimum absolute atomic E-state index is 0.537. The van der Waals surface area contributed by atoms with Crippen molar-refractivity contribution in [2.75, 3.05) is 17.2 Å². The van der Waals surface area contributed by atoms with Crippen LogP contribution in [0.4, 0.5) is 17.6 Å². The molecule has 2 aromatic rings. The number of rotatable bonds is 5. The lowest BCUT2D eigenvalue weighted by Crippen LogP contribution is -2.04. The molecule has 0 radical (unpaired) electrons. The van der Waals surface area contributed by atoms with Gasteiger partial charge in [-0.15, -0.1) is 6.58 Å². The molecule has 2 heterocycles. The van der Waals surface area contributed by atoms with Gasteiger partial charge in [-0.2, -0.15) is 4.98 Å². The van der Waals surface area contributed by atoms with Crippen molar-refractivity contribution in [3.05, 3.63) is 36.7 Å². The van der Waals surface area contributed by atoms with Gasteiger partial charge in [-0.25, -0.2) is 4.98 Å². The van der Waals surface area contributed by atoms with Crippen LogP contribution in [0.5, 0.6) is 0 Å². The van der Waals surface area contributed by atoms with Gasteiger partial charge in [0.15, 0.2) is 5.82 Å². The third kappa shape index (κ3) is 3.04. The fourth-order valence-electron chi connectivity index (χ4n) is 1.23. The Kier molecular flexibility index (Phi) is 3.34. The van der Waals surface area contributed by atoms with Gasteiger partial charge in [0.2, 0.25) is 5.95 Å². The molecule has 0 aromatic carbocycles. The average molecular weight is 231 g/mol. The van der Waals surface area contributed by atoms with Crippen LogP contribution < -0.4 is 10.6 Å². The van der Waals surface area contributed by atoms with Crippen LogP contribution in [-0.2, 0) is 0 Å². The number of aryl methyl sites for hydroxylation is 1. The molecule has 2 rings (SSSR count). The molecule has 2 N–H and O–H groups in total. The SMILES string of the molecule is C=CCNc1nccc(Nc2cc(C)on2)n1. The summed E-state index contributed by atoms with van der Waals surface area (Å²) in [6.45, 7) is 6.06. The van der Waals surface area contributed by atoms with E-state index in [0.29, 0.717) is 24.1 Å². The van der Waals surface area contributed by atoms with E-state index in [-0.39, 0.29) is 0 Å². The zero-order chi connectivity index (χ0) is 12.1. The highest BCUT2D eigenvalue weighted by molar-refractivity contribution is 5.52. The van der Waals surface area contributed by atoms with E-state index >= 15 is 0 Å². The van der Waals surface area contributed by atoms with Crippen LogP contribution in [0.25, 0.3) is 0 Å². The predicted octanol–water partition coefficient (Wildman–Crippen LogP) is 2.11. The van der Waals surface area contributed by atoms with Crippen molar-refractivity contribution in [2.45, 2.75) is 6.92 Å². The van der Waals surface area contributed by atoms with E-state index in [1.54, 1.807) is 24.4 Å². The average Bonchev–Trinajstić information content (AvgIpc) is 2.73. The molecule has 0 saturated carbocycles. The lowest BCUT2D eigenvalue weighted by atomic mass is 10.5. The van der Waals surface area contributed by atoms with Crippen LogP contribution in [0.15, 0.2) is 35.5 Å². The molecule has 0 aliphatic carbocycles. The Hall–Kier alpha value is -2.37. The predicted molar refractivity (Wildman–Crippen MR) is 65.2 cm³/mol. The summed E-state index contributed by atoms with van der Waals surface area (Å²) in [5.41, 5.74) is 0. The maximum absolute atomic E-state index is 4.95. The van der Waals surface area contributed by atoms with Crippen molar-refractivity contribution < 1.29 is 4.52 Å². The molecule has 0 bridgehead atoms. The van der Waals surface area contributed by atoms with Gasteiger partial charge >= 0.3 is 0 Å². The fraction of sp³-hybridized carbons (Fsp3) is 0.182. The van der Waals surface area contributed by atoms with Crippen LogP contribution >= 0.6 is 0 Å². The number of anilines is 3. The molecule has 17 heavy (non-hydrogen) atoms. The summed E-state index contributed by atoms with van der Waals surface area (Å²) < 4.78 is 4.95. The Balaban J connectivity index is 2.08. The molecule has 0 fully saturated rings. The van der Waals surface area contributed by atoms with E-state index in [2.05, 4.69) is 32.3 Å². The third-order valence-corrected chi connectivity index (χ3v) is 1.94. The summed E-state index contributed by atoms with van der Waals surface area (Å²) in [5.74, 6) is 2.55. The Bertz CT molecular complexity index is 508. The molecule has 0 aliphatic heterocycles. The smallest absolute Gasteiger partial charge is 0.224 e. The highest BCUT2D eigenvalue weighted by Crippen LogP contribution is 2.14. The molecule has 0 aliphatic rings. The van der Waals surface area contributed by atoms with E-state index in [4.69, 9.17) is 4.52 Å². The number of nitrogens with one attached hydrogen (secondary N) is 2. The van der Waals surface area contributed by atoms with Crippen molar-refractivity contribution in [1.82, 2.24) is 15.1 Å². The first kappa shape index (κ1) is 11.1. The first-order chi connectivity index (χ1) is 8.28. The Labute approximate surface area is 98.8 Å². The summed E-state index contributed by atoms with van der Waals surface area (Å²) >= 11 is 0. The number of nitrogens with zero attached hydrogens (tertiary/aromatic N) is 3. The van der Waals surface area contributed by atoms with Gasteiger partial charge in [0, 0.05) is 18.8 Å². The summed E-state index contributed by atoms with van der Waals surface area (Å²) in [4.78, 5) is 8.32. The Morgan fingerprint density at radius 1 is 1.47 bits per heavy atom.